The maximum atomic E-state index is 12.7. The van der Waals surface area contributed by atoms with Gasteiger partial charge in [0, 0.05) is 12.3 Å². The molecule has 0 radical (unpaired) electrons. The van der Waals surface area contributed by atoms with Gasteiger partial charge in [-0.2, -0.15) is 0 Å². The van der Waals surface area contributed by atoms with Gasteiger partial charge in [-0.15, -0.1) is 16.8 Å². The van der Waals surface area contributed by atoms with Crippen molar-refractivity contribution < 1.29 is 13.2 Å². The highest BCUT2D eigenvalue weighted by atomic mass is 32.2. The van der Waals surface area contributed by atoms with Gasteiger partial charge in [0.25, 0.3) is 0 Å². The van der Waals surface area contributed by atoms with E-state index in [2.05, 4.69) is 16.8 Å². The summed E-state index contributed by atoms with van der Waals surface area (Å²) < 4.78 is 33.1. The van der Waals surface area contributed by atoms with E-state index in [1.54, 1.807) is 48.2 Å². The molecule has 1 heterocycles. The molecule has 0 aliphatic rings. The van der Waals surface area contributed by atoms with Crippen molar-refractivity contribution in [2.45, 2.75) is 42.1 Å². The molecule has 0 amide bonds. The van der Waals surface area contributed by atoms with Gasteiger partial charge in [0.05, 0.1) is 11.5 Å². The molecular weight excluding hydrogens is 430 g/mol. The number of nitrogens with zero attached hydrogens (tertiary/aromatic N) is 3. The van der Waals surface area contributed by atoms with E-state index in [4.69, 9.17) is 4.74 Å². The molecular formula is C23H27N3O3S2. The maximum Gasteiger partial charge on any atom is 0.191 e. The van der Waals surface area contributed by atoms with Gasteiger partial charge >= 0.3 is 0 Å². The second-order valence-corrected chi connectivity index (χ2v) is 10.1. The summed E-state index contributed by atoms with van der Waals surface area (Å²) in [5.74, 6) is 2.00. The summed E-state index contributed by atoms with van der Waals surface area (Å²) in [5.41, 5.74) is 1.13. The summed E-state index contributed by atoms with van der Waals surface area (Å²) in [5, 5.41) is 9.08. The van der Waals surface area contributed by atoms with Crippen molar-refractivity contribution in [3.8, 4) is 5.75 Å². The van der Waals surface area contributed by atoms with Gasteiger partial charge in [0.15, 0.2) is 15.0 Å². The molecule has 0 N–H and O–H groups in total. The van der Waals surface area contributed by atoms with Crippen molar-refractivity contribution in [1.29, 1.82) is 0 Å². The molecule has 0 unspecified atom stereocenters. The van der Waals surface area contributed by atoms with E-state index >= 15 is 0 Å². The summed E-state index contributed by atoms with van der Waals surface area (Å²) >= 11 is 1.57. The standard InChI is InChI=1S/C23H27N3O3S2/c1-3-15-26-22(18-31(27,28)20-12-5-4-6-13-20)24-25-23(26)30-17-10-9-16-29-21-14-8-7-11-19(21)2/h3-8,11-14H,1,9-10,15-18H2,2H3. The number of aromatic nitrogens is 3. The number of allylic oxidation sites excluding steroid dienone is 1. The Hall–Kier alpha value is -2.58. The number of rotatable bonds is 12. The Bertz CT molecular complexity index is 1100. The first-order valence-electron chi connectivity index (χ1n) is 10.1. The number of para-hydroxylation sites is 1. The molecule has 0 fully saturated rings. The molecule has 3 rings (SSSR count). The minimum absolute atomic E-state index is 0.192. The fourth-order valence-electron chi connectivity index (χ4n) is 2.99. The third kappa shape index (κ3) is 6.45. The van der Waals surface area contributed by atoms with Gasteiger partial charge in [-0.1, -0.05) is 54.2 Å². The second kappa shape index (κ2) is 11.2. The number of aryl methyl sites for hydroxylation is 1. The third-order valence-electron chi connectivity index (χ3n) is 4.65. The summed E-state index contributed by atoms with van der Waals surface area (Å²) in [4.78, 5) is 0.283. The Morgan fingerprint density at radius 3 is 2.55 bits per heavy atom. The van der Waals surface area contributed by atoms with Crippen LogP contribution in [-0.2, 0) is 22.1 Å². The first-order chi connectivity index (χ1) is 15.0. The molecule has 1 aromatic heterocycles. The van der Waals surface area contributed by atoms with Gasteiger partial charge in [-0.05, 0) is 43.5 Å². The van der Waals surface area contributed by atoms with Gasteiger partial charge in [-0.3, -0.25) is 0 Å². The van der Waals surface area contributed by atoms with E-state index in [-0.39, 0.29) is 10.6 Å². The Morgan fingerprint density at radius 1 is 1.06 bits per heavy atom. The van der Waals surface area contributed by atoms with E-state index < -0.39 is 9.84 Å². The van der Waals surface area contributed by atoms with Gasteiger partial charge in [0.1, 0.15) is 17.3 Å². The molecule has 0 aliphatic heterocycles. The minimum Gasteiger partial charge on any atom is -0.493 e. The van der Waals surface area contributed by atoms with Crippen LogP contribution in [0.25, 0.3) is 0 Å². The van der Waals surface area contributed by atoms with Crippen LogP contribution in [0.1, 0.15) is 24.2 Å². The molecule has 31 heavy (non-hydrogen) atoms. The normalized spacial score (nSPS) is 11.4. The lowest BCUT2D eigenvalue weighted by Gasteiger charge is -2.09. The third-order valence-corrected chi connectivity index (χ3v) is 7.33. The van der Waals surface area contributed by atoms with E-state index in [1.165, 1.54) is 0 Å². The second-order valence-electron chi connectivity index (χ2n) is 7.04. The van der Waals surface area contributed by atoms with E-state index in [9.17, 15) is 8.42 Å². The van der Waals surface area contributed by atoms with Crippen molar-refractivity contribution >= 4 is 21.6 Å². The lowest BCUT2D eigenvalue weighted by atomic mass is 10.2. The highest BCUT2D eigenvalue weighted by Gasteiger charge is 2.21. The zero-order valence-electron chi connectivity index (χ0n) is 17.6. The maximum absolute atomic E-state index is 12.7. The van der Waals surface area contributed by atoms with Gasteiger partial charge in [0.2, 0.25) is 0 Å². The smallest absolute Gasteiger partial charge is 0.191 e. The highest BCUT2D eigenvalue weighted by Crippen LogP contribution is 2.22. The number of hydrogen-bond donors (Lipinski definition) is 0. The molecule has 8 heteroatoms. The van der Waals surface area contributed by atoms with Crippen LogP contribution in [0.15, 0.2) is 77.3 Å². The number of benzene rings is 2. The number of sulfone groups is 1. The topological polar surface area (TPSA) is 74.1 Å². The molecule has 2 aromatic carbocycles. The average molecular weight is 458 g/mol. The number of unbranched alkanes of at least 4 members (excludes halogenated alkanes) is 1. The lowest BCUT2D eigenvalue weighted by molar-refractivity contribution is 0.308. The zero-order valence-corrected chi connectivity index (χ0v) is 19.2. The average Bonchev–Trinajstić information content (AvgIpc) is 3.13. The SMILES string of the molecule is C=CCn1c(CS(=O)(=O)c2ccccc2)nnc1SCCCCOc1ccccc1C. The fourth-order valence-corrected chi connectivity index (χ4v) is 5.25. The Labute approximate surface area is 188 Å². The summed E-state index contributed by atoms with van der Waals surface area (Å²) in [6.07, 6.45) is 3.60. The van der Waals surface area contributed by atoms with E-state index in [0.29, 0.717) is 24.1 Å². The Kier molecular flexibility index (Phi) is 8.31. The number of thioether (sulfide) groups is 1. The number of ether oxygens (including phenoxy) is 1. The quantitative estimate of drug-likeness (QED) is 0.223. The van der Waals surface area contributed by atoms with Crippen molar-refractivity contribution in [1.82, 2.24) is 14.8 Å². The highest BCUT2D eigenvalue weighted by molar-refractivity contribution is 7.99. The molecule has 3 aromatic rings. The van der Waals surface area contributed by atoms with E-state index in [0.717, 1.165) is 29.9 Å². The molecule has 0 saturated heterocycles. The molecule has 164 valence electrons. The molecule has 0 atom stereocenters. The summed E-state index contributed by atoms with van der Waals surface area (Å²) in [6, 6.07) is 16.4. The molecule has 0 saturated carbocycles. The van der Waals surface area contributed by atoms with Crippen LogP contribution in [-0.4, -0.2) is 35.5 Å². The zero-order chi connectivity index (χ0) is 22.1. The van der Waals surface area contributed by atoms with Crippen LogP contribution in [0, 0.1) is 6.92 Å². The van der Waals surface area contributed by atoms with Gasteiger partial charge in [-0.25, -0.2) is 8.42 Å². The molecule has 0 spiro atoms. The predicted octanol–water partition coefficient (Wildman–Crippen LogP) is 4.70. The lowest BCUT2D eigenvalue weighted by Crippen LogP contribution is -2.11. The van der Waals surface area contributed by atoms with Crippen molar-refractivity contribution in [2.24, 2.45) is 0 Å². The van der Waals surface area contributed by atoms with Crippen LogP contribution >= 0.6 is 11.8 Å². The summed E-state index contributed by atoms with van der Waals surface area (Å²) in [6.45, 7) is 6.93. The van der Waals surface area contributed by atoms with Gasteiger partial charge < -0.3 is 9.30 Å². The number of hydrogen-bond acceptors (Lipinski definition) is 6. The van der Waals surface area contributed by atoms with Crippen LogP contribution in [0.2, 0.25) is 0 Å². The monoisotopic (exact) mass is 457 g/mol. The van der Waals surface area contributed by atoms with Crippen LogP contribution in [0.3, 0.4) is 0 Å². The molecule has 0 aliphatic carbocycles. The predicted molar refractivity (Wildman–Crippen MR) is 124 cm³/mol. The van der Waals surface area contributed by atoms with Crippen LogP contribution in [0.5, 0.6) is 5.75 Å². The fraction of sp³-hybridized carbons (Fsp3) is 0.304. The van der Waals surface area contributed by atoms with Crippen molar-refractivity contribution in [3.05, 3.63) is 78.6 Å². The Balaban J connectivity index is 1.54. The first-order valence-corrected chi connectivity index (χ1v) is 12.8. The minimum atomic E-state index is -3.49. The molecule has 6 nitrogen and oxygen atoms in total. The van der Waals surface area contributed by atoms with E-state index in [1.807, 2.05) is 35.8 Å². The van der Waals surface area contributed by atoms with Crippen molar-refractivity contribution in [3.63, 3.8) is 0 Å². The van der Waals surface area contributed by atoms with Crippen LogP contribution in [0.4, 0.5) is 0 Å². The first kappa shape index (κ1) is 23.1. The van der Waals surface area contributed by atoms with Crippen molar-refractivity contribution in [2.75, 3.05) is 12.4 Å². The van der Waals surface area contributed by atoms with Crippen LogP contribution < -0.4 is 4.74 Å². The Morgan fingerprint density at radius 2 is 1.81 bits per heavy atom. The summed E-state index contributed by atoms with van der Waals surface area (Å²) in [7, 11) is -3.49. The molecule has 0 bridgehead atoms. The largest absolute Gasteiger partial charge is 0.493 e.